The quantitative estimate of drug-likeness (QED) is 0.748. The highest BCUT2D eigenvalue weighted by molar-refractivity contribution is 7.89. The fourth-order valence-electron chi connectivity index (χ4n) is 4.50. The van der Waals surface area contributed by atoms with E-state index in [2.05, 4.69) is 5.32 Å². The minimum absolute atomic E-state index is 0.0202. The lowest BCUT2D eigenvalue weighted by atomic mass is 10.0. The van der Waals surface area contributed by atoms with E-state index in [9.17, 15) is 18.0 Å². The highest BCUT2D eigenvalue weighted by Gasteiger charge is 2.33. The molecule has 0 aliphatic carbocycles. The number of carbonyl (C=O) groups is 2. The number of carbonyl (C=O) groups excluding carboxylic acids is 2. The molecule has 2 heterocycles. The summed E-state index contributed by atoms with van der Waals surface area (Å²) in [6, 6.07) is 12.3. The summed E-state index contributed by atoms with van der Waals surface area (Å²) in [5.41, 5.74) is 3.08. The second-order valence-corrected chi connectivity index (χ2v) is 10.5. The number of anilines is 2. The van der Waals surface area contributed by atoms with E-state index in [0.717, 1.165) is 30.4 Å². The van der Waals surface area contributed by atoms with E-state index < -0.39 is 10.0 Å². The minimum atomic E-state index is -3.59. The van der Waals surface area contributed by atoms with Crippen LogP contribution in [0.3, 0.4) is 0 Å². The number of sulfonamides is 1. The van der Waals surface area contributed by atoms with E-state index in [0.29, 0.717) is 24.3 Å². The van der Waals surface area contributed by atoms with Crippen molar-refractivity contribution < 1.29 is 18.0 Å². The molecule has 2 amide bonds. The number of aryl methyl sites for hydroxylation is 2. The van der Waals surface area contributed by atoms with Gasteiger partial charge in [-0.25, -0.2) is 8.42 Å². The molecule has 4 rings (SSSR count). The second-order valence-electron chi connectivity index (χ2n) is 8.65. The van der Waals surface area contributed by atoms with Crippen molar-refractivity contribution in [1.29, 1.82) is 0 Å². The molecule has 32 heavy (non-hydrogen) atoms. The van der Waals surface area contributed by atoms with Crippen molar-refractivity contribution in [3.63, 3.8) is 0 Å². The molecule has 2 aliphatic heterocycles. The fraction of sp³-hybridized carbons (Fsp3) is 0.417. The van der Waals surface area contributed by atoms with Crippen molar-refractivity contribution in [2.24, 2.45) is 0 Å². The van der Waals surface area contributed by atoms with Crippen molar-refractivity contribution in [2.45, 2.75) is 56.9 Å². The number of rotatable bonds is 5. The summed E-state index contributed by atoms with van der Waals surface area (Å²) in [5.74, 6) is -0.437. The highest BCUT2D eigenvalue weighted by Crippen LogP contribution is 2.32. The lowest BCUT2D eigenvalue weighted by Crippen LogP contribution is -2.42. The van der Waals surface area contributed by atoms with E-state index in [4.69, 9.17) is 0 Å². The summed E-state index contributed by atoms with van der Waals surface area (Å²) in [6.07, 6.45) is 3.48. The molecular weight excluding hydrogens is 426 g/mol. The van der Waals surface area contributed by atoms with Crippen LogP contribution in [0.5, 0.6) is 0 Å². The van der Waals surface area contributed by atoms with Gasteiger partial charge in [0, 0.05) is 30.4 Å². The lowest BCUT2D eigenvalue weighted by molar-refractivity contribution is -0.121. The van der Waals surface area contributed by atoms with Crippen LogP contribution in [0.4, 0.5) is 11.4 Å². The molecule has 170 valence electrons. The molecule has 7 nitrogen and oxygen atoms in total. The molecular formula is C24H29N3O4S. The first-order valence-corrected chi connectivity index (χ1v) is 12.5. The van der Waals surface area contributed by atoms with Crippen molar-refractivity contribution in [3.8, 4) is 0 Å². The maximum absolute atomic E-state index is 13.2. The molecule has 8 heteroatoms. The van der Waals surface area contributed by atoms with Crippen LogP contribution in [-0.4, -0.2) is 43.7 Å². The predicted octanol–water partition coefficient (Wildman–Crippen LogP) is 3.48. The highest BCUT2D eigenvalue weighted by atomic mass is 32.2. The van der Waals surface area contributed by atoms with Crippen LogP contribution < -0.4 is 10.2 Å². The number of piperidine rings is 1. The Balaban J connectivity index is 1.55. The molecule has 0 unspecified atom stereocenters. The van der Waals surface area contributed by atoms with Crippen molar-refractivity contribution >= 4 is 33.2 Å². The molecule has 1 fully saturated rings. The molecule has 0 aromatic heterocycles. The molecule has 0 saturated carbocycles. The molecule has 0 spiro atoms. The lowest BCUT2D eigenvalue weighted by Gasteiger charge is -2.33. The van der Waals surface area contributed by atoms with Crippen LogP contribution in [0.2, 0.25) is 0 Å². The summed E-state index contributed by atoms with van der Waals surface area (Å²) < 4.78 is 28.0. The van der Waals surface area contributed by atoms with E-state index in [-0.39, 0.29) is 35.7 Å². The summed E-state index contributed by atoms with van der Waals surface area (Å²) in [7, 11) is -3.59. The first-order valence-electron chi connectivity index (χ1n) is 11.1. The van der Waals surface area contributed by atoms with Gasteiger partial charge in [0.1, 0.15) is 6.54 Å². The molecule has 2 aromatic rings. The number of nitrogens with one attached hydrogen (secondary N) is 1. The largest absolute Gasteiger partial charge is 0.325 e. The van der Waals surface area contributed by atoms with E-state index in [1.165, 1.54) is 4.90 Å². The molecule has 0 radical (unpaired) electrons. The Morgan fingerprint density at radius 3 is 2.69 bits per heavy atom. The number of fused-ring (bicyclic) bond motifs is 1. The number of hydrogen-bond donors (Lipinski definition) is 1. The summed E-state index contributed by atoms with van der Waals surface area (Å²) >= 11 is 0. The Bertz CT molecular complexity index is 1150. The van der Waals surface area contributed by atoms with Crippen LogP contribution >= 0.6 is 0 Å². The van der Waals surface area contributed by atoms with Gasteiger partial charge in [0.05, 0.1) is 4.90 Å². The number of nitrogens with zero attached hydrogens (tertiary/aromatic N) is 2. The molecule has 2 aromatic carbocycles. The third-order valence-electron chi connectivity index (χ3n) is 6.20. The third kappa shape index (κ3) is 4.56. The zero-order valence-corrected chi connectivity index (χ0v) is 19.3. The standard InChI is InChI=1S/C24H29N3O4S/c1-17-6-5-8-20(14-17)25-23(28)16-26-22-11-10-21(15-19(22)9-12-24(26)29)32(30,31)27-13-4-3-7-18(27)2/h5-6,8,10-11,14-15,18H,3-4,7,9,12-13,16H2,1-2H3,(H,25,28)/t18-/m1/s1. The first-order chi connectivity index (χ1) is 15.3. The van der Waals surface area contributed by atoms with Gasteiger partial charge in [-0.2, -0.15) is 4.31 Å². The summed E-state index contributed by atoms with van der Waals surface area (Å²) in [6.45, 7) is 4.30. The predicted molar refractivity (Wildman–Crippen MR) is 124 cm³/mol. The van der Waals surface area contributed by atoms with Gasteiger partial charge in [-0.1, -0.05) is 18.6 Å². The third-order valence-corrected chi connectivity index (χ3v) is 8.21. The monoisotopic (exact) mass is 455 g/mol. The number of benzene rings is 2. The van der Waals surface area contributed by atoms with Gasteiger partial charge in [-0.15, -0.1) is 0 Å². The molecule has 2 aliphatic rings. The fourth-order valence-corrected chi connectivity index (χ4v) is 6.25. The van der Waals surface area contributed by atoms with Crippen molar-refractivity contribution in [2.75, 3.05) is 23.3 Å². The molecule has 1 N–H and O–H groups in total. The zero-order chi connectivity index (χ0) is 22.9. The van der Waals surface area contributed by atoms with E-state index >= 15 is 0 Å². The second kappa shape index (κ2) is 9.03. The van der Waals surface area contributed by atoms with Gasteiger partial charge in [-0.3, -0.25) is 9.59 Å². The van der Waals surface area contributed by atoms with Crippen LogP contribution in [0.25, 0.3) is 0 Å². The Morgan fingerprint density at radius 2 is 1.94 bits per heavy atom. The average Bonchev–Trinajstić information content (AvgIpc) is 2.75. The van der Waals surface area contributed by atoms with Gasteiger partial charge in [0.15, 0.2) is 0 Å². The Labute approximate surface area is 189 Å². The van der Waals surface area contributed by atoms with E-state index in [1.807, 2.05) is 32.0 Å². The van der Waals surface area contributed by atoms with Crippen LogP contribution in [0.15, 0.2) is 47.4 Å². The minimum Gasteiger partial charge on any atom is -0.325 e. The van der Waals surface area contributed by atoms with Crippen molar-refractivity contribution in [3.05, 3.63) is 53.6 Å². The maximum Gasteiger partial charge on any atom is 0.244 e. The Morgan fingerprint density at radius 1 is 1.12 bits per heavy atom. The van der Waals surface area contributed by atoms with E-state index in [1.54, 1.807) is 28.6 Å². The maximum atomic E-state index is 13.2. The molecule has 1 saturated heterocycles. The zero-order valence-electron chi connectivity index (χ0n) is 18.5. The number of amides is 2. The number of hydrogen-bond acceptors (Lipinski definition) is 4. The van der Waals surface area contributed by atoms with Gasteiger partial charge in [-0.05, 0) is 74.6 Å². The summed E-state index contributed by atoms with van der Waals surface area (Å²) in [5, 5.41) is 2.83. The Hall–Kier alpha value is -2.71. The van der Waals surface area contributed by atoms with Gasteiger partial charge in [0.2, 0.25) is 21.8 Å². The van der Waals surface area contributed by atoms with Crippen molar-refractivity contribution in [1.82, 2.24) is 4.31 Å². The average molecular weight is 456 g/mol. The SMILES string of the molecule is Cc1cccc(NC(=O)CN2C(=O)CCc3cc(S(=O)(=O)N4CCCC[C@H]4C)ccc32)c1. The molecule has 0 bridgehead atoms. The van der Waals surface area contributed by atoms with Gasteiger partial charge >= 0.3 is 0 Å². The van der Waals surface area contributed by atoms with Crippen LogP contribution in [0, 0.1) is 6.92 Å². The van der Waals surface area contributed by atoms with Gasteiger partial charge < -0.3 is 10.2 Å². The molecule has 1 atom stereocenters. The first kappa shape index (κ1) is 22.5. The van der Waals surface area contributed by atoms with Crippen LogP contribution in [0.1, 0.15) is 43.7 Å². The van der Waals surface area contributed by atoms with Gasteiger partial charge in [0.25, 0.3) is 0 Å². The van der Waals surface area contributed by atoms with Crippen LogP contribution in [-0.2, 0) is 26.0 Å². The topological polar surface area (TPSA) is 86.8 Å². The normalized spacial score (nSPS) is 19.5. The Kier molecular flexibility index (Phi) is 6.35. The smallest absolute Gasteiger partial charge is 0.244 e. The summed E-state index contributed by atoms with van der Waals surface area (Å²) in [4.78, 5) is 26.9.